The summed E-state index contributed by atoms with van der Waals surface area (Å²) in [4.78, 5) is 0. The van der Waals surface area contributed by atoms with Crippen LogP contribution < -0.4 is 10.5 Å². The summed E-state index contributed by atoms with van der Waals surface area (Å²) in [5, 5.41) is 0. The largest absolute Gasteiger partial charge is 0.397 e. The van der Waals surface area contributed by atoms with Crippen LogP contribution in [0.3, 0.4) is 0 Å². The van der Waals surface area contributed by atoms with Crippen LogP contribution in [0, 0.1) is 5.82 Å². The Morgan fingerprint density at radius 3 is 2.47 bits per heavy atom. The molecule has 0 heterocycles. The summed E-state index contributed by atoms with van der Waals surface area (Å²) in [6.07, 6.45) is 0. The number of anilines is 2. The molecule has 0 spiro atoms. The lowest BCUT2D eigenvalue weighted by molar-refractivity contribution is 0.414. The Balaban J connectivity index is 2.98. The van der Waals surface area contributed by atoms with Gasteiger partial charge in [-0.2, -0.15) is 12.7 Å². The van der Waals surface area contributed by atoms with E-state index in [1.807, 2.05) is 0 Å². The lowest BCUT2D eigenvalue weighted by Gasteiger charge is -2.22. The van der Waals surface area contributed by atoms with E-state index in [0.29, 0.717) is 0 Å². The third-order valence-electron chi connectivity index (χ3n) is 2.36. The summed E-state index contributed by atoms with van der Waals surface area (Å²) in [6, 6.07) is 3.31. The Morgan fingerprint density at radius 2 is 2.00 bits per heavy atom. The monoisotopic (exact) mass is 261 g/mol. The van der Waals surface area contributed by atoms with Crippen molar-refractivity contribution in [3.63, 3.8) is 0 Å². The van der Waals surface area contributed by atoms with Gasteiger partial charge in [-0.05, 0) is 32.0 Å². The molecule has 1 aromatic carbocycles. The maximum absolute atomic E-state index is 12.8. The van der Waals surface area contributed by atoms with Crippen molar-refractivity contribution in [1.82, 2.24) is 4.31 Å². The van der Waals surface area contributed by atoms with E-state index in [1.165, 1.54) is 13.1 Å². The van der Waals surface area contributed by atoms with Crippen LogP contribution in [-0.2, 0) is 10.2 Å². The molecule has 0 unspecified atom stereocenters. The summed E-state index contributed by atoms with van der Waals surface area (Å²) in [6.45, 7) is 3.49. The number of nitrogen functional groups attached to an aromatic ring is 1. The molecular weight excluding hydrogens is 245 g/mol. The highest BCUT2D eigenvalue weighted by molar-refractivity contribution is 7.90. The van der Waals surface area contributed by atoms with Crippen LogP contribution in [0.4, 0.5) is 15.8 Å². The minimum Gasteiger partial charge on any atom is -0.397 e. The van der Waals surface area contributed by atoms with Crippen molar-refractivity contribution < 1.29 is 12.8 Å². The fourth-order valence-electron chi connectivity index (χ4n) is 1.12. The Kier molecular flexibility index (Phi) is 3.94. The SMILES string of the molecule is CC(C)N(C)S(=O)(=O)Nc1ccc(F)cc1N. The maximum atomic E-state index is 12.8. The van der Waals surface area contributed by atoms with Crippen LogP contribution in [0.15, 0.2) is 18.2 Å². The van der Waals surface area contributed by atoms with E-state index < -0.39 is 16.0 Å². The van der Waals surface area contributed by atoms with Gasteiger partial charge in [0, 0.05) is 13.1 Å². The Bertz CT molecular complexity index is 502. The minimum atomic E-state index is -3.67. The van der Waals surface area contributed by atoms with Crippen LogP contribution in [0.2, 0.25) is 0 Å². The molecule has 1 rings (SSSR count). The molecule has 0 aliphatic carbocycles. The first-order valence-electron chi connectivity index (χ1n) is 5.05. The standard InChI is InChI=1S/C10H16FN3O2S/c1-7(2)14(3)17(15,16)13-10-5-4-8(11)6-9(10)12/h4-7,13H,12H2,1-3H3. The van der Waals surface area contributed by atoms with E-state index in [4.69, 9.17) is 5.73 Å². The van der Waals surface area contributed by atoms with Gasteiger partial charge in [0.1, 0.15) is 5.82 Å². The number of rotatable bonds is 4. The van der Waals surface area contributed by atoms with Crippen LogP contribution in [0.1, 0.15) is 13.8 Å². The van der Waals surface area contributed by atoms with Gasteiger partial charge in [-0.15, -0.1) is 0 Å². The van der Waals surface area contributed by atoms with Crippen molar-refractivity contribution in [3.8, 4) is 0 Å². The summed E-state index contributed by atoms with van der Waals surface area (Å²) < 4.78 is 40.0. The third-order valence-corrected chi connectivity index (χ3v) is 4.02. The average Bonchev–Trinajstić information content (AvgIpc) is 2.21. The molecule has 0 saturated heterocycles. The van der Waals surface area contributed by atoms with Gasteiger partial charge in [-0.25, -0.2) is 4.39 Å². The highest BCUT2D eigenvalue weighted by atomic mass is 32.2. The number of nitrogens with one attached hydrogen (secondary N) is 1. The van der Waals surface area contributed by atoms with E-state index in [2.05, 4.69) is 4.72 Å². The van der Waals surface area contributed by atoms with E-state index in [0.717, 1.165) is 16.4 Å². The first kappa shape index (κ1) is 13.7. The molecule has 0 fully saturated rings. The topological polar surface area (TPSA) is 75.4 Å². The molecule has 0 aromatic heterocycles. The van der Waals surface area contributed by atoms with Gasteiger partial charge in [-0.1, -0.05) is 0 Å². The van der Waals surface area contributed by atoms with E-state index in [-0.39, 0.29) is 17.4 Å². The van der Waals surface area contributed by atoms with Gasteiger partial charge in [0.05, 0.1) is 11.4 Å². The van der Waals surface area contributed by atoms with Gasteiger partial charge in [0.2, 0.25) is 0 Å². The average molecular weight is 261 g/mol. The number of nitrogens with zero attached hydrogens (tertiary/aromatic N) is 1. The molecule has 0 bridgehead atoms. The predicted octanol–water partition coefficient (Wildman–Crippen LogP) is 1.40. The fraction of sp³-hybridized carbons (Fsp3) is 0.400. The van der Waals surface area contributed by atoms with E-state index in [1.54, 1.807) is 13.8 Å². The quantitative estimate of drug-likeness (QED) is 0.804. The molecule has 0 atom stereocenters. The predicted molar refractivity (Wildman–Crippen MR) is 66.3 cm³/mol. The lowest BCUT2D eigenvalue weighted by atomic mass is 10.3. The normalized spacial score (nSPS) is 12.1. The van der Waals surface area contributed by atoms with Crippen molar-refractivity contribution in [2.75, 3.05) is 17.5 Å². The molecular formula is C10H16FN3O2S. The maximum Gasteiger partial charge on any atom is 0.301 e. The molecule has 0 amide bonds. The zero-order valence-corrected chi connectivity index (χ0v) is 10.8. The van der Waals surface area contributed by atoms with Gasteiger partial charge in [0.15, 0.2) is 0 Å². The van der Waals surface area contributed by atoms with Gasteiger partial charge < -0.3 is 5.73 Å². The van der Waals surface area contributed by atoms with Crippen molar-refractivity contribution in [1.29, 1.82) is 0 Å². The van der Waals surface area contributed by atoms with Gasteiger partial charge in [0.25, 0.3) is 0 Å². The molecule has 5 nitrogen and oxygen atoms in total. The smallest absolute Gasteiger partial charge is 0.301 e. The molecule has 0 aliphatic rings. The minimum absolute atomic E-state index is 0.0470. The zero-order chi connectivity index (χ0) is 13.2. The van der Waals surface area contributed by atoms with Crippen molar-refractivity contribution in [3.05, 3.63) is 24.0 Å². The molecule has 17 heavy (non-hydrogen) atoms. The number of hydrogen-bond acceptors (Lipinski definition) is 3. The second-order valence-corrected chi connectivity index (χ2v) is 5.68. The zero-order valence-electron chi connectivity index (χ0n) is 9.94. The summed E-state index contributed by atoms with van der Waals surface area (Å²) in [5.74, 6) is -0.511. The highest BCUT2D eigenvalue weighted by Crippen LogP contribution is 2.21. The summed E-state index contributed by atoms with van der Waals surface area (Å²) >= 11 is 0. The molecule has 7 heteroatoms. The molecule has 3 N–H and O–H groups in total. The molecule has 0 aliphatic heterocycles. The lowest BCUT2D eigenvalue weighted by Crippen LogP contribution is -2.37. The molecule has 0 saturated carbocycles. The Hall–Kier alpha value is -1.34. The summed E-state index contributed by atoms with van der Waals surface area (Å²) in [5.41, 5.74) is 5.73. The summed E-state index contributed by atoms with van der Waals surface area (Å²) in [7, 11) is -2.22. The van der Waals surface area contributed by atoms with E-state index in [9.17, 15) is 12.8 Å². The van der Waals surface area contributed by atoms with Crippen LogP contribution >= 0.6 is 0 Å². The number of nitrogens with two attached hydrogens (primary N) is 1. The van der Waals surface area contributed by atoms with Crippen molar-refractivity contribution in [2.24, 2.45) is 0 Å². The number of hydrogen-bond donors (Lipinski definition) is 2. The van der Waals surface area contributed by atoms with Gasteiger partial charge >= 0.3 is 10.2 Å². The fourth-order valence-corrected chi connectivity index (χ4v) is 2.28. The highest BCUT2D eigenvalue weighted by Gasteiger charge is 2.21. The first-order valence-corrected chi connectivity index (χ1v) is 6.49. The third kappa shape index (κ3) is 3.31. The number of benzene rings is 1. The van der Waals surface area contributed by atoms with Crippen LogP contribution in [-0.4, -0.2) is 25.8 Å². The second-order valence-electron chi connectivity index (χ2n) is 3.95. The van der Waals surface area contributed by atoms with Crippen LogP contribution in [0.25, 0.3) is 0 Å². The Labute approximate surface area is 101 Å². The number of halogens is 1. The van der Waals surface area contributed by atoms with Crippen LogP contribution in [0.5, 0.6) is 0 Å². The van der Waals surface area contributed by atoms with E-state index >= 15 is 0 Å². The van der Waals surface area contributed by atoms with Gasteiger partial charge in [-0.3, -0.25) is 4.72 Å². The van der Waals surface area contributed by atoms with Crippen molar-refractivity contribution in [2.45, 2.75) is 19.9 Å². The Morgan fingerprint density at radius 1 is 1.41 bits per heavy atom. The molecule has 0 radical (unpaired) electrons. The first-order chi connectivity index (χ1) is 7.74. The second kappa shape index (κ2) is 4.89. The van der Waals surface area contributed by atoms with Crippen molar-refractivity contribution >= 4 is 21.6 Å². The molecule has 96 valence electrons. The molecule has 1 aromatic rings.